The van der Waals surface area contributed by atoms with Gasteiger partial charge in [-0.25, -0.2) is 9.97 Å². The summed E-state index contributed by atoms with van der Waals surface area (Å²) in [6.45, 7) is 13.0. The average molecular weight is 307 g/mol. The monoisotopic (exact) mass is 307 g/mol. The number of morpholine rings is 1. The number of ether oxygens (including phenoxy) is 2. The lowest BCUT2D eigenvalue weighted by molar-refractivity contribution is -0.0512. The van der Waals surface area contributed by atoms with Crippen LogP contribution in [0, 0.1) is 0 Å². The number of aromatic nitrogens is 2. The third kappa shape index (κ3) is 4.17. The lowest BCUT2D eigenvalue weighted by Crippen LogP contribution is -2.48. The van der Waals surface area contributed by atoms with Crippen molar-refractivity contribution in [3.05, 3.63) is 17.6 Å². The molecule has 124 valence electrons. The van der Waals surface area contributed by atoms with E-state index in [1.54, 1.807) is 7.11 Å². The van der Waals surface area contributed by atoms with E-state index in [1.807, 2.05) is 0 Å². The minimum Gasteiger partial charge on any atom is -0.382 e. The maximum absolute atomic E-state index is 5.92. The van der Waals surface area contributed by atoms with Gasteiger partial charge in [0.25, 0.3) is 0 Å². The molecule has 1 aromatic heterocycles. The molecule has 0 aromatic carbocycles. The van der Waals surface area contributed by atoms with Crippen LogP contribution in [0.1, 0.15) is 58.0 Å². The van der Waals surface area contributed by atoms with E-state index in [4.69, 9.17) is 19.4 Å². The van der Waals surface area contributed by atoms with Gasteiger partial charge in [0.05, 0.1) is 18.8 Å². The summed E-state index contributed by atoms with van der Waals surface area (Å²) in [6, 6.07) is 2.12. The van der Waals surface area contributed by atoms with Crippen molar-refractivity contribution < 1.29 is 9.47 Å². The molecular formula is C17H29N3O2. The van der Waals surface area contributed by atoms with Gasteiger partial charge in [0.1, 0.15) is 11.6 Å². The number of methoxy groups -OCH3 is 1. The van der Waals surface area contributed by atoms with Crippen molar-refractivity contribution in [2.75, 3.05) is 31.7 Å². The van der Waals surface area contributed by atoms with Crippen LogP contribution < -0.4 is 4.90 Å². The molecular weight excluding hydrogens is 278 g/mol. The summed E-state index contributed by atoms with van der Waals surface area (Å²) in [7, 11) is 1.71. The molecule has 0 aliphatic carbocycles. The lowest BCUT2D eigenvalue weighted by atomic mass is 10.1. The van der Waals surface area contributed by atoms with E-state index in [2.05, 4.69) is 45.6 Å². The van der Waals surface area contributed by atoms with Crippen LogP contribution in [0.25, 0.3) is 0 Å². The zero-order chi connectivity index (χ0) is 16.3. The fraction of sp³-hybridized carbons (Fsp3) is 0.765. The first-order chi connectivity index (χ1) is 10.4. The second-order valence-electron chi connectivity index (χ2n) is 6.75. The third-order valence-corrected chi connectivity index (χ3v) is 3.86. The summed E-state index contributed by atoms with van der Waals surface area (Å²) in [4.78, 5) is 11.8. The molecule has 0 amide bonds. The van der Waals surface area contributed by atoms with E-state index >= 15 is 0 Å². The molecule has 0 spiro atoms. The highest BCUT2D eigenvalue weighted by molar-refractivity contribution is 5.42. The van der Waals surface area contributed by atoms with Crippen LogP contribution in [-0.2, 0) is 9.47 Å². The van der Waals surface area contributed by atoms with Gasteiger partial charge in [-0.1, -0.05) is 27.7 Å². The van der Waals surface area contributed by atoms with Crippen molar-refractivity contribution in [2.45, 2.75) is 58.7 Å². The number of rotatable bonds is 5. The Kier molecular flexibility index (Phi) is 5.75. The van der Waals surface area contributed by atoms with Crippen LogP contribution in [0.2, 0.25) is 0 Å². The van der Waals surface area contributed by atoms with Crippen molar-refractivity contribution in [3.8, 4) is 0 Å². The van der Waals surface area contributed by atoms with Crippen LogP contribution in [0.4, 0.5) is 5.82 Å². The van der Waals surface area contributed by atoms with Gasteiger partial charge in [-0.2, -0.15) is 0 Å². The zero-order valence-corrected chi connectivity index (χ0v) is 14.7. The minimum atomic E-state index is 0.0914. The molecule has 0 saturated carbocycles. The Labute approximate surface area is 134 Å². The second kappa shape index (κ2) is 7.38. The number of hydrogen-bond acceptors (Lipinski definition) is 5. The smallest absolute Gasteiger partial charge is 0.133 e. The van der Waals surface area contributed by atoms with Crippen molar-refractivity contribution in [1.82, 2.24) is 9.97 Å². The first-order valence-electron chi connectivity index (χ1n) is 8.19. The van der Waals surface area contributed by atoms with Crippen molar-refractivity contribution in [1.29, 1.82) is 0 Å². The Morgan fingerprint density at radius 2 is 1.95 bits per heavy atom. The van der Waals surface area contributed by atoms with E-state index in [0.717, 1.165) is 30.4 Å². The Morgan fingerprint density at radius 3 is 2.55 bits per heavy atom. The molecule has 0 radical (unpaired) electrons. The topological polar surface area (TPSA) is 47.5 Å². The molecule has 1 saturated heterocycles. The van der Waals surface area contributed by atoms with Crippen LogP contribution in [0.5, 0.6) is 0 Å². The van der Waals surface area contributed by atoms with Crippen molar-refractivity contribution in [3.63, 3.8) is 0 Å². The van der Waals surface area contributed by atoms with Gasteiger partial charge >= 0.3 is 0 Å². The van der Waals surface area contributed by atoms with E-state index in [0.29, 0.717) is 18.4 Å². The van der Waals surface area contributed by atoms with Gasteiger partial charge < -0.3 is 14.4 Å². The van der Waals surface area contributed by atoms with Crippen LogP contribution in [0.3, 0.4) is 0 Å². The summed E-state index contributed by atoms with van der Waals surface area (Å²) in [6.07, 6.45) is 0.266. The van der Waals surface area contributed by atoms with E-state index in [9.17, 15) is 0 Å². The standard InChI is InChI=1S/C17H29N3O2/c1-11(2)15-7-16(19-17(18-15)12(3)4)20-8-13(5)22-14(9-20)10-21-6/h7,11-14H,8-10H2,1-6H3. The van der Waals surface area contributed by atoms with Gasteiger partial charge in [-0.15, -0.1) is 0 Å². The molecule has 2 rings (SSSR count). The fourth-order valence-corrected chi connectivity index (χ4v) is 2.70. The van der Waals surface area contributed by atoms with Crippen LogP contribution in [-0.4, -0.2) is 49.0 Å². The van der Waals surface area contributed by atoms with Gasteiger partial charge in [-0.05, 0) is 12.8 Å². The van der Waals surface area contributed by atoms with Crippen LogP contribution >= 0.6 is 0 Å². The first kappa shape index (κ1) is 17.2. The van der Waals surface area contributed by atoms with E-state index in [1.165, 1.54) is 0 Å². The van der Waals surface area contributed by atoms with Crippen LogP contribution in [0.15, 0.2) is 6.07 Å². The number of nitrogens with zero attached hydrogens (tertiary/aromatic N) is 3. The second-order valence-corrected chi connectivity index (χ2v) is 6.75. The fourth-order valence-electron chi connectivity index (χ4n) is 2.70. The van der Waals surface area contributed by atoms with Gasteiger partial charge in [0.2, 0.25) is 0 Å². The molecule has 1 aliphatic rings. The molecule has 1 fully saturated rings. The summed E-state index contributed by atoms with van der Waals surface area (Å²) in [5.74, 6) is 2.65. The SMILES string of the molecule is COCC1CN(c2cc(C(C)C)nc(C(C)C)n2)CC(C)O1. The molecule has 22 heavy (non-hydrogen) atoms. The largest absolute Gasteiger partial charge is 0.382 e. The highest BCUT2D eigenvalue weighted by atomic mass is 16.5. The van der Waals surface area contributed by atoms with Crippen molar-refractivity contribution >= 4 is 5.82 Å². The summed E-state index contributed by atoms with van der Waals surface area (Å²) >= 11 is 0. The van der Waals surface area contributed by atoms with Gasteiger partial charge in [0, 0.05) is 37.9 Å². The lowest BCUT2D eigenvalue weighted by Gasteiger charge is -2.37. The maximum Gasteiger partial charge on any atom is 0.133 e. The Morgan fingerprint density at radius 1 is 1.23 bits per heavy atom. The molecule has 1 aliphatic heterocycles. The summed E-state index contributed by atoms with van der Waals surface area (Å²) in [5, 5.41) is 0. The molecule has 2 unspecified atom stereocenters. The van der Waals surface area contributed by atoms with Crippen molar-refractivity contribution in [2.24, 2.45) is 0 Å². The third-order valence-electron chi connectivity index (χ3n) is 3.86. The summed E-state index contributed by atoms with van der Waals surface area (Å²) < 4.78 is 11.2. The number of anilines is 1. The predicted octanol–water partition coefficient (Wildman–Crippen LogP) is 2.96. The Bertz CT molecular complexity index is 465. The van der Waals surface area contributed by atoms with Gasteiger partial charge in [0.15, 0.2) is 0 Å². The van der Waals surface area contributed by atoms with E-state index < -0.39 is 0 Å². The molecule has 0 N–H and O–H groups in total. The van der Waals surface area contributed by atoms with E-state index in [-0.39, 0.29) is 12.2 Å². The Hall–Kier alpha value is -1.20. The summed E-state index contributed by atoms with van der Waals surface area (Å²) in [5.41, 5.74) is 1.11. The maximum atomic E-state index is 5.92. The Balaban J connectivity index is 2.29. The van der Waals surface area contributed by atoms with Gasteiger partial charge in [-0.3, -0.25) is 0 Å². The molecule has 1 aromatic rings. The normalized spacial score (nSPS) is 22.6. The first-order valence-corrected chi connectivity index (χ1v) is 8.19. The minimum absolute atomic E-state index is 0.0914. The molecule has 0 bridgehead atoms. The number of hydrogen-bond donors (Lipinski definition) is 0. The molecule has 5 nitrogen and oxygen atoms in total. The zero-order valence-electron chi connectivity index (χ0n) is 14.7. The predicted molar refractivity (Wildman–Crippen MR) is 88.6 cm³/mol. The average Bonchev–Trinajstić information content (AvgIpc) is 2.46. The highest BCUT2D eigenvalue weighted by Gasteiger charge is 2.27. The molecule has 2 heterocycles. The highest BCUT2D eigenvalue weighted by Crippen LogP contribution is 2.24. The molecule has 2 atom stereocenters. The molecule has 5 heteroatoms. The quantitative estimate of drug-likeness (QED) is 0.837.